The Balaban J connectivity index is 2.08. The normalized spacial score (nSPS) is 24.1. The minimum absolute atomic E-state index is 0.194. The molecule has 0 heterocycles. The molecule has 0 amide bonds. The molecule has 0 saturated heterocycles. The first-order valence-electron chi connectivity index (χ1n) is 5.01. The molecule has 0 bridgehead atoms. The summed E-state index contributed by atoms with van der Waals surface area (Å²) in [5.41, 5.74) is 2.65. The van der Waals surface area contributed by atoms with Crippen molar-refractivity contribution in [2.75, 3.05) is 0 Å². The first-order valence-corrected chi connectivity index (χ1v) is 5.01. The molecule has 14 heavy (non-hydrogen) atoms. The zero-order valence-electron chi connectivity index (χ0n) is 8.23. The lowest BCUT2D eigenvalue weighted by Crippen LogP contribution is -1.86. The van der Waals surface area contributed by atoms with Gasteiger partial charge in [0, 0.05) is 5.92 Å². The molecular weight excluding hydrogens is 174 g/mol. The van der Waals surface area contributed by atoms with Gasteiger partial charge in [-0.15, -0.1) is 0 Å². The predicted molar refractivity (Wildman–Crippen MR) is 55.1 cm³/mol. The minimum Gasteiger partial charge on any atom is -0.211 e. The molecule has 1 aromatic carbocycles. The van der Waals surface area contributed by atoms with Crippen LogP contribution in [0.3, 0.4) is 0 Å². The van der Waals surface area contributed by atoms with Crippen LogP contribution in [0.15, 0.2) is 29.3 Å². The maximum atomic E-state index is 10.0. The third-order valence-electron chi connectivity index (χ3n) is 2.79. The monoisotopic (exact) mass is 187 g/mol. The molecule has 0 radical (unpaired) electrons. The fraction of sp³-hybridized carbons (Fsp3) is 0.417. The maximum Gasteiger partial charge on any atom is 0.235 e. The van der Waals surface area contributed by atoms with E-state index in [0.717, 1.165) is 12.8 Å². The Hall–Kier alpha value is -1.40. The van der Waals surface area contributed by atoms with Gasteiger partial charge in [-0.1, -0.05) is 31.2 Å². The highest BCUT2D eigenvalue weighted by atomic mass is 16.1. The van der Waals surface area contributed by atoms with Gasteiger partial charge >= 0.3 is 0 Å². The number of hydrogen-bond donors (Lipinski definition) is 0. The standard InChI is InChI=1S/C12H13NO/c1-2-9-3-5-10(6-4-9)11-7-12(11)13-8-14/h3-6,11-12H,2,7H2,1H3. The molecule has 0 spiro atoms. The number of carbonyl (C=O) groups excluding carboxylic acids is 1. The lowest BCUT2D eigenvalue weighted by atomic mass is 10.1. The van der Waals surface area contributed by atoms with Crippen molar-refractivity contribution in [1.29, 1.82) is 0 Å². The molecule has 1 aliphatic rings. The second kappa shape index (κ2) is 3.77. The summed E-state index contributed by atoms with van der Waals surface area (Å²) in [6.07, 6.45) is 3.70. The van der Waals surface area contributed by atoms with E-state index < -0.39 is 0 Å². The Morgan fingerprint density at radius 1 is 1.43 bits per heavy atom. The zero-order valence-corrected chi connectivity index (χ0v) is 8.23. The highest BCUT2D eigenvalue weighted by Gasteiger charge is 2.38. The molecule has 2 heteroatoms. The van der Waals surface area contributed by atoms with E-state index in [0.29, 0.717) is 5.92 Å². The van der Waals surface area contributed by atoms with Gasteiger partial charge in [0.05, 0.1) is 6.04 Å². The first kappa shape index (κ1) is 9.17. The molecule has 2 unspecified atom stereocenters. The molecular formula is C12H13NO. The van der Waals surface area contributed by atoms with E-state index >= 15 is 0 Å². The van der Waals surface area contributed by atoms with Crippen LogP contribution in [0, 0.1) is 0 Å². The SMILES string of the molecule is CCc1ccc(C2CC2N=C=O)cc1. The van der Waals surface area contributed by atoms with E-state index in [2.05, 4.69) is 36.2 Å². The lowest BCUT2D eigenvalue weighted by molar-refractivity contribution is 0.562. The summed E-state index contributed by atoms with van der Waals surface area (Å²) in [7, 11) is 0. The number of isocyanates is 1. The Morgan fingerprint density at radius 3 is 2.71 bits per heavy atom. The van der Waals surface area contributed by atoms with E-state index in [-0.39, 0.29) is 6.04 Å². The van der Waals surface area contributed by atoms with Gasteiger partial charge in [0.25, 0.3) is 0 Å². The van der Waals surface area contributed by atoms with Crippen molar-refractivity contribution in [3.63, 3.8) is 0 Å². The van der Waals surface area contributed by atoms with Crippen LogP contribution in [0.2, 0.25) is 0 Å². The summed E-state index contributed by atoms with van der Waals surface area (Å²) >= 11 is 0. The minimum atomic E-state index is 0.194. The van der Waals surface area contributed by atoms with Gasteiger partial charge in [0.1, 0.15) is 0 Å². The highest BCUT2D eigenvalue weighted by Crippen LogP contribution is 2.43. The van der Waals surface area contributed by atoms with Gasteiger partial charge in [-0.2, -0.15) is 0 Å². The van der Waals surface area contributed by atoms with Crippen molar-refractivity contribution in [2.24, 2.45) is 4.99 Å². The number of hydrogen-bond acceptors (Lipinski definition) is 2. The van der Waals surface area contributed by atoms with Crippen molar-refractivity contribution in [2.45, 2.75) is 31.7 Å². The predicted octanol–water partition coefficient (Wildman–Crippen LogP) is 2.44. The van der Waals surface area contributed by atoms with Crippen LogP contribution in [0.4, 0.5) is 0 Å². The number of benzene rings is 1. The zero-order chi connectivity index (χ0) is 9.97. The molecule has 0 aromatic heterocycles. The molecule has 1 aliphatic carbocycles. The van der Waals surface area contributed by atoms with Gasteiger partial charge in [0.15, 0.2) is 0 Å². The molecule has 0 aliphatic heterocycles. The molecule has 1 aromatic rings. The van der Waals surface area contributed by atoms with Gasteiger partial charge in [-0.25, -0.2) is 9.79 Å². The smallest absolute Gasteiger partial charge is 0.211 e. The fourth-order valence-corrected chi connectivity index (χ4v) is 1.75. The topological polar surface area (TPSA) is 29.4 Å². The molecule has 2 rings (SSSR count). The third-order valence-corrected chi connectivity index (χ3v) is 2.79. The van der Waals surface area contributed by atoms with Crippen LogP contribution in [0.1, 0.15) is 30.4 Å². The summed E-state index contributed by atoms with van der Waals surface area (Å²) < 4.78 is 0. The first-order chi connectivity index (χ1) is 6.85. The Labute approximate surface area is 83.7 Å². The van der Waals surface area contributed by atoms with Gasteiger partial charge < -0.3 is 0 Å². The van der Waals surface area contributed by atoms with E-state index in [1.54, 1.807) is 6.08 Å². The van der Waals surface area contributed by atoms with Crippen LogP contribution >= 0.6 is 0 Å². The summed E-state index contributed by atoms with van der Waals surface area (Å²) in [6.45, 7) is 2.14. The fourth-order valence-electron chi connectivity index (χ4n) is 1.75. The van der Waals surface area contributed by atoms with Crippen molar-refractivity contribution in [3.05, 3.63) is 35.4 Å². The average Bonchev–Trinajstić information content (AvgIpc) is 2.98. The second-order valence-corrected chi connectivity index (χ2v) is 3.73. The van der Waals surface area contributed by atoms with E-state index in [1.807, 2.05) is 0 Å². The summed E-state index contributed by atoms with van der Waals surface area (Å²) in [5, 5.41) is 0. The Morgan fingerprint density at radius 2 is 2.14 bits per heavy atom. The van der Waals surface area contributed by atoms with E-state index in [1.165, 1.54) is 11.1 Å². The average molecular weight is 187 g/mol. The third kappa shape index (κ3) is 1.75. The number of aryl methyl sites for hydroxylation is 1. The van der Waals surface area contributed by atoms with Crippen LogP contribution in [-0.2, 0) is 11.2 Å². The Bertz CT molecular complexity index is 362. The van der Waals surface area contributed by atoms with Gasteiger partial charge in [-0.05, 0) is 24.0 Å². The van der Waals surface area contributed by atoms with E-state index in [4.69, 9.17) is 0 Å². The van der Waals surface area contributed by atoms with Gasteiger partial charge in [-0.3, -0.25) is 0 Å². The van der Waals surface area contributed by atoms with Crippen LogP contribution in [0.25, 0.3) is 0 Å². The van der Waals surface area contributed by atoms with Crippen molar-refractivity contribution >= 4 is 6.08 Å². The highest BCUT2D eigenvalue weighted by molar-refractivity contribution is 5.38. The quantitative estimate of drug-likeness (QED) is 0.528. The second-order valence-electron chi connectivity index (χ2n) is 3.73. The van der Waals surface area contributed by atoms with Crippen molar-refractivity contribution in [3.8, 4) is 0 Å². The molecule has 72 valence electrons. The largest absolute Gasteiger partial charge is 0.235 e. The molecule has 2 atom stereocenters. The number of aliphatic imine (C=N–C) groups is 1. The van der Waals surface area contributed by atoms with E-state index in [9.17, 15) is 4.79 Å². The van der Waals surface area contributed by atoms with Crippen LogP contribution in [-0.4, -0.2) is 12.1 Å². The number of rotatable bonds is 3. The molecule has 1 fully saturated rings. The summed E-state index contributed by atoms with van der Waals surface area (Å²) in [4.78, 5) is 13.8. The molecule has 2 nitrogen and oxygen atoms in total. The van der Waals surface area contributed by atoms with Crippen molar-refractivity contribution in [1.82, 2.24) is 0 Å². The molecule has 1 saturated carbocycles. The van der Waals surface area contributed by atoms with Gasteiger partial charge in [0.2, 0.25) is 6.08 Å². The molecule has 0 N–H and O–H groups in total. The summed E-state index contributed by atoms with van der Waals surface area (Å²) in [6, 6.07) is 8.78. The lowest BCUT2D eigenvalue weighted by Gasteiger charge is -1.99. The summed E-state index contributed by atoms with van der Waals surface area (Å²) in [5.74, 6) is 0.461. The maximum absolute atomic E-state index is 10.0. The van der Waals surface area contributed by atoms with Crippen LogP contribution < -0.4 is 0 Å². The van der Waals surface area contributed by atoms with Crippen molar-refractivity contribution < 1.29 is 4.79 Å². The van der Waals surface area contributed by atoms with Crippen LogP contribution in [0.5, 0.6) is 0 Å². The Kier molecular flexibility index (Phi) is 2.47. The number of nitrogens with zero attached hydrogens (tertiary/aromatic N) is 1.